The van der Waals surface area contributed by atoms with Gasteiger partial charge < -0.3 is 4.74 Å². The summed E-state index contributed by atoms with van der Waals surface area (Å²) in [5.41, 5.74) is 3.34. The van der Waals surface area contributed by atoms with Gasteiger partial charge in [-0.3, -0.25) is 9.63 Å². The molecule has 0 aliphatic rings. The van der Waals surface area contributed by atoms with Gasteiger partial charge in [0.25, 0.3) is 5.91 Å². The van der Waals surface area contributed by atoms with Crippen LogP contribution in [-0.4, -0.2) is 18.6 Å². The van der Waals surface area contributed by atoms with Crippen molar-refractivity contribution in [1.29, 1.82) is 0 Å². The Kier molecular flexibility index (Phi) is 5.53. The summed E-state index contributed by atoms with van der Waals surface area (Å²) < 4.78 is 5.39. The molecule has 1 aromatic rings. The van der Waals surface area contributed by atoms with Gasteiger partial charge in [-0.2, -0.15) is 0 Å². The first-order chi connectivity index (χ1) is 7.74. The van der Waals surface area contributed by atoms with Gasteiger partial charge in [-0.05, 0) is 19.4 Å². The standard InChI is InChI=1S/C12H17NO3/c1-3-16-13-12(14)10(2)15-9-11-7-5-4-6-8-11/h4-8,10H,3,9H2,1-2H3,(H,13,14). The van der Waals surface area contributed by atoms with E-state index < -0.39 is 6.10 Å². The second kappa shape index (κ2) is 6.98. The quantitative estimate of drug-likeness (QED) is 0.746. The number of rotatable bonds is 6. The topological polar surface area (TPSA) is 47.6 Å². The van der Waals surface area contributed by atoms with Crippen LogP contribution in [0.1, 0.15) is 19.4 Å². The van der Waals surface area contributed by atoms with E-state index in [-0.39, 0.29) is 5.91 Å². The van der Waals surface area contributed by atoms with E-state index in [1.807, 2.05) is 30.3 Å². The van der Waals surface area contributed by atoms with Crippen LogP contribution in [0.4, 0.5) is 0 Å². The highest BCUT2D eigenvalue weighted by atomic mass is 16.7. The first kappa shape index (κ1) is 12.7. The molecule has 0 aromatic heterocycles. The van der Waals surface area contributed by atoms with Crippen LogP contribution >= 0.6 is 0 Å². The highest BCUT2D eigenvalue weighted by Gasteiger charge is 2.12. The lowest BCUT2D eigenvalue weighted by Gasteiger charge is -2.12. The third-order valence-corrected chi connectivity index (χ3v) is 2.03. The van der Waals surface area contributed by atoms with Crippen LogP contribution < -0.4 is 5.48 Å². The van der Waals surface area contributed by atoms with Crippen molar-refractivity contribution in [1.82, 2.24) is 5.48 Å². The zero-order valence-corrected chi connectivity index (χ0v) is 9.60. The summed E-state index contributed by atoms with van der Waals surface area (Å²) in [4.78, 5) is 16.2. The second-order valence-electron chi connectivity index (χ2n) is 3.34. The fourth-order valence-electron chi connectivity index (χ4n) is 1.10. The fourth-order valence-corrected chi connectivity index (χ4v) is 1.10. The zero-order chi connectivity index (χ0) is 11.8. The van der Waals surface area contributed by atoms with Crippen molar-refractivity contribution in [3.05, 3.63) is 35.9 Å². The molecule has 0 bridgehead atoms. The smallest absolute Gasteiger partial charge is 0.272 e. The molecule has 1 rings (SSSR count). The van der Waals surface area contributed by atoms with Crippen molar-refractivity contribution in [3.63, 3.8) is 0 Å². The molecule has 0 heterocycles. The molecule has 1 N–H and O–H groups in total. The number of carbonyl (C=O) groups is 1. The molecule has 1 unspecified atom stereocenters. The van der Waals surface area contributed by atoms with E-state index in [0.29, 0.717) is 13.2 Å². The summed E-state index contributed by atoms with van der Waals surface area (Å²) in [5.74, 6) is -0.266. The summed E-state index contributed by atoms with van der Waals surface area (Å²) in [6.45, 7) is 4.35. The molecule has 1 atom stereocenters. The number of nitrogens with one attached hydrogen (secondary N) is 1. The van der Waals surface area contributed by atoms with Crippen LogP contribution in [-0.2, 0) is 21.0 Å². The van der Waals surface area contributed by atoms with Crippen molar-refractivity contribution in [2.75, 3.05) is 6.61 Å². The summed E-state index contributed by atoms with van der Waals surface area (Å²) >= 11 is 0. The van der Waals surface area contributed by atoms with Gasteiger partial charge in [0.15, 0.2) is 0 Å². The van der Waals surface area contributed by atoms with E-state index in [2.05, 4.69) is 5.48 Å². The minimum absolute atomic E-state index is 0.266. The first-order valence-electron chi connectivity index (χ1n) is 5.31. The van der Waals surface area contributed by atoms with Crippen molar-refractivity contribution in [2.45, 2.75) is 26.6 Å². The summed E-state index contributed by atoms with van der Waals surface area (Å²) in [5, 5.41) is 0. The molecule has 4 nitrogen and oxygen atoms in total. The van der Waals surface area contributed by atoms with E-state index in [9.17, 15) is 4.79 Å². The van der Waals surface area contributed by atoms with E-state index in [4.69, 9.17) is 9.57 Å². The second-order valence-corrected chi connectivity index (χ2v) is 3.34. The average molecular weight is 223 g/mol. The van der Waals surface area contributed by atoms with Gasteiger partial charge in [-0.1, -0.05) is 30.3 Å². The Balaban J connectivity index is 2.29. The van der Waals surface area contributed by atoms with Crippen LogP contribution in [0.3, 0.4) is 0 Å². The van der Waals surface area contributed by atoms with Crippen molar-refractivity contribution >= 4 is 5.91 Å². The zero-order valence-electron chi connectivity index (χ0n) is 9.60. The van der Waals surface area contributed by atoms with E-state index in [0.717, 1.165) is 5.56 Å². The van der Waals surface area contributed by atoms with Gasteiger partial charge in [-0.25, -0.2) is 5.48 Å². The Hall–Kier alpha value is -1.39. The monoisotopic (exact) mass is 223 g/mol. The maximum Gasteiger partial charge on any atom is 0.272 e. The van der Waals surface area contributed by atoms with Crippen LogP contribution in [0.2, 0.25) is 0 Å². The fraction of sp³-hybridized carbons (Fsp3) is 0.417. The number of hydrogen-bond acceptors (Lipinski definition) is 3. The Bertz CT molecular complexity index is 313. The molecule has 1 amide bonds. The molecular weight excluding hydrogens is 206 g/mol. The molecule has 88 valence electrons. The molecule has 0 spiro atoms. The van der Waals surface area contributed by atoms with Crippen molar-refractivity contribution in [2.24, 2.45) is 0 Å². The Labute approximate surface area is 95.5 Å². The summed E-state index contributed by atoms with van der Waals surface area (Å²) in [6, 6.07) is 9.71. The predicted octanol–water partition coefficient (Wildman–Crippen LogP) is 1.66. The molecule has 0 aliphatic heterocycles. The molecule has 1 aromatic carbocycles. The number of hydrogen-bond donors (Lipinski definition) is 1. The van der Waals surface area contributed by atoms with Gasteiger partial charge in [0, 0.05) is 0 Å². The maximum atomic E-state index is 11.4. The van der Waals surface area contributed by atoms with Gasteiger partial charge in [-0.15, -0.1) is 0 Å². The first-order valence-corrected chi connectivity index (χ1v) is 5.31. The highest BCUT2D eigenvalue weighted by Crippen LogP contribution is 2.03. The summed E-state index contributed by atoms with van der Waals surface area (Å²) in [7, 11) is 0. The van der Waals surface area contributed by atoms with E-state index >= 15 is 0 Å². The largest absolute Gasteiger partial charge is 0.364 e. The Morgan fingerprint density at radius 3 is 2.69 bits per heavy atom. The predicted molar refractivity (Wildman–Crippen MR) is 60.5 cm³/mol. The lowest BCUT2D eigenvalue weighted by Crippen LogP contribution is -2.34. The van der Waals surface area contributed by atoms with Crippen molar-refractivity contribution in [3.8, 4) is 0 Å². The van der Waals surface area contributed by atoms with Crippen LogP contribution in [0.5, 0.6) is 0 Å². The third kappa shape index (κ3) is 4.42. The third-order valence-electron chi connectivity index (χ3n) is 2.03. The SMILES string of the molecule is CCONC(=O)C(C)OCc1ccccc1. The molecule has 0 aliphatic carbocycles. The molecule has 0 radical (unpaired) electrons. The minimum atomic E-state index is -0.522. The van der Waals surface area contributed by atoms with Crippen LogP contribution in [0.15, 0.2) is 30.3 Å². The molecule has 4 heteroatoms. The van der Waals surface area contributed by atoms with Gasteiger partial charge in [0.05, 0.1) is 13.2 Å². The Morgan fingerprint density at radius 2 is 2.06 bits per heavy atom. The number of benzene rings is 1. The lowest BCUT2D eigenvalue weighted by atomic mass is 10.2. The van der Waals surface area contributed by atoms with Gasteiger partial charge >= 0.3 is 0 Å². The molecule has 16 heavy (non-hydrogen) atoms. The minimum Gasteiger partial charge on any atom is -0.364 e. The number of ether oxygens (including phenoxy) is 1. The Morgan fingerprint density at radius 1 is 1.38 bits per heavy atom. The van der Waals surface area contributed by atoms with Crippen LogP contribution in [0, 0.1) is 0 Å². The maximum absolute atomic E-state index is 11.4. The normalized spacial score (nSPS) is 12.1. The van der Waals surface area contributed by atoms with Gasteiger partial charge in [0.2, 0.25) is 0 Å². The lowest BCUT2D eigenvalue weighted by molar-refractivity contribution is -0.145. The van der Waals surface area contributed by atoms with E-state index in [1.54, 1.807) is 13.8 Å². The molecule has 0 fully saturated rings. The molecule has 0 saturated carbocycles. The van der Waals surface area contributed by atoms with Gasteiger partial charge in [0.1, 0.15) is 6.10 Å². The molecule has 0 saturated heterocycles. The van der Waals surface area contributed by atoms with Crippen molar-refractivity contribution < 1.29 is 14.4 Å². The number of carbonyl (C=O) groups excluding carboxylic acids is 1. The van der Waals surface area contributed by atoms with Crippen LogP contribution in [0.25, 0.3) is 0 Å². The average Bonchev–Trinajstić information content (AvgIpc) is 2.34. The highest BCUT2D eigenvalue weighted by molar-refractivity contribution is 5.79. The number of amides is 1. The number of hydroxylamine groups is 1. The van der Waals surface area contributed by atoms with E-state index in [1.165, 1.54) is 0 Å². The summed E-state index contributed by atoms with van der Waals surface area (Å²) in [6.07, 6.45) is -0.522. The molecular formula is C12H17NO3.